The van der Waals surface area contributed by atoms with Gasteiger partial charge in [0.15, 0.2) is 0 Å². The van der Waals surface area contributed by atoms with E-state index in [-0.39, 0.29) is 12.1 Å². The standard InChI is InChI=1S/C15H23N.C10H20N2O2.2C2H6/c1-2-6-14-9-11-16(12-10-14)13-15-7-4-3-5-8-15;1-3-4-9(2)11-10(13)12-5-7-14-8-6-12;2*1-2/h3-5,7-8,14H,2,6,9-13H2,1H3;9H,3-8H2,1-2H3,(H,11,13);2*1-2H3. The molecule has 0 aliphatic carbocycles. The average molecular weight is 478 g/mol. The van der Waals surface area contributed by atoms with E-state index in [0.29, 0.717) is 26.3 Å². The van der Waals surface area contributed by atoms with Gasteiger partial charge in [0.1, 0.15) is 0 Å². The highest BCUT2D eigenvalue weighted by Crippen LogP contribution is 2.22. The van der Waals surface area contributed by atoms with Gasteiger partial charge in [0, 0.05) is 25.7 Å². The minimum Gasteiger partial charge on any atom is -0.378 e. The van der Waals surface area contributed by atoms with Crippen molar-refractivity contribution in [3.8, 4) is 0 Å². The van der Waals surface area contributed by atoms with Gasteiger partial charge in [-0.25, -0.2) is 4.79 Å². The number of carbonyl (C=O) groups is 1. The van der Waals surface area contributed by atoms with Gasteiger partial charge in [0.05, 0.1) is 13.2 Å². The van der Waals surface area contributed by atoms with Gasteiger partial charge in [-0.1, -0.05) is 91.1 Å². The topological polar surface area (TPSA) is 44.8 Å². The monoisotopic (exact) mass is 477 g/mol. The summed E-state index contributed by atoms with van der Waals surface area (Å²) < 4.78 is 5.18. The van der Waals surface area contributed by atoms with Gasteiger partial charge in [-0.2, -0.15) is 0 Å². The molecule has 0 spiro atoms. The molecule has 0 bridgehead atoms. The number of nitrogens with one attached hydrogen (secondary N) is 1. The molecule has 0 aromatic heterocycles. The van der Waals surface area contributed by atoms with Crippen LogP contribution in [0.1, 0.15) is 92.6 Å². The normalized spacial score (nSPS) is 17.1. The highest BCUT2D eigenvalue weighted by atomic mass is 16.5. The second-order valence-corrected chi connectivity index (χ2v) is 8.73. The van der Waals surface area contributed by atoms with Crippen LogP contribution in [0, 0.1) is 5.92 Å². The highest BCUT2D eigenvalue weighted by molar-refractivity contribution is 5.74. The SMILES string of the molecule is CC.CC.CCCC(C)NC(=O)N1CCOCC1.CCCC1CCN(Cc2ccccc2)CC1. The molecule has 2 aliphatic rings. The number of nitrogens with zero attached hydrogens (tertiary/aromatic N) is 2. The van der Waals surface area contributed by atoms with Crippen molar-refractivity contribution in [1.29, 1.82) is 0 Å². The van der Waals surface area contributed by atoms with Crippen LogP contribution in [0.2, 0.25) is 0 Å². The Labute approximate surface area is 211 Å². The van der Waals surface area contributed by atoms with Crippen LogP contribution in [0.15, 0.2) is 30.3 Å². The quantitative estimate of drug-likeness (QED) is 0.461. The van der Waals surface area contributed by atoms with Gasteiger partial charge >= 0.3 is 6.03 Å². The number of urea groups is 1. The maximum absolute atomic E-state index is 11.6. The van der Waals surface area contributed by atoms with E-state index in [0.717, 1.165) is 25.3 Å². The summed E-state index contributed by atoms with van der Waals surface area (Å²) in [5, 5.41) is 2.98. The van der Waals surface area contributed by atoms with Gasteiger partial charge < -0.3 is 15.0 Å². The Kier molecular flexibility index (Phi) is 20.9. The van der Waals surface area contributed by atoms with Crippen molar-refractivity contribution in [3.63, 3.8) is 0 Å². The van der Waals surface area contributed by atoms with E-state index in [9.17, 15) is 4.79 Å². The summed E-state index contributed by atoms with van der Waals surface area (Å²) in [6.07, 6.45) is 7.73. The van der Waals surface area contributed by atoms with Crippen LogP contribution in [-0.2, 0) is 11.3 Å². The maximum atomic E-state index is 11.6. The van der Waals surface area contributed by atoms with Crippen molar-refractivity contribution in [2.45, 2.75) is 99.6 Å². The molecule has 0 saturated carbocycles. The first kappa shape index (κ1) is 32.4. The molecule has 1 N–H and O–H groups in total. The summed E-state index contributed by atoms with van der Waals surface area (Å²) in [6, 6.07) is 11.2. The Morgan fingerprint density at radius 3 is 2.09 bits per heavy atom. The minimum absolute atomic E-state index is 0.0502. The molecule has 5 heteroatoms. The lowest BCUT2D eigenvalue weighted by molar-refractivity contribution is 0.0525. The van der Waals surface area contributed by atoms with Crippen LogP contribution in [-0.4, -0.2) is 61.3 Å². The second-order valence-electron chi connectivity index (χ2n) is 8.73. The third kappa shape index (κ3) is 14.6. The molecule has 198 valence electrons. The lowest BCUT2D eigenvalue weighted by Gasteiger charge is -2.31. The molecule has 3 rings (SSSR count). The summed E-state index contributed by atoms with van der Waals surface area (Å²) in [5.74, 6) is 0.997. The lowest BCUT2D eigenvalue weighted by Crippen LogP contribution is -2.48. The zero-order chi connectivity index (χ0) is 25.6. The number of piperidine rings is 1. The lowest BCUT2D eigenvalue weighted by atomic mass is 9.92. The largest absolute Gasteiger partial charge is 0.378 e. The van der Waals surface area contributed by atoms with Gasteiger partial charge in [0.2, 0.25) is 0 Å². The molecule has 2 aliphatic heterocycles. The first-order valence-electron chi connectivity index (χ1n) is 14.0. The summed E-state index contributed by atoms with van der Waals surface area (Å²) >= 11 is 0. The van der Waals surface area contributed by atoms with Crippen molar-refractivity contribution in [3.05, 3.63) is 35.9 Å². The number of rotatable bonds is 7. The fraction of sp³-hybridized carbons (Fsp3) is 0.759. The molecule has 1 aromatic rings. The Morgan fingerprint density at radius 1 is 0.971 bits per heavy atom. The number of hydrogen-bond donors (Lipinski definition) is 1. The van der Waals surface area contributed by atoms with E-state index < -0.39 is 0 Å². The molecule has 1 atom stereocenters. The van der Waals surface area contributed by atoms with Crippen molar-refractivity contribution < 1.29 is 9.53 Å². The number of ether oxygens (including phenoxy) is 1. The fourth-order valence-electron chi connectivity index (χ4n) is 4.26. The number of amides is 2. The van der Waals surface area contributed by atoms with Crippen LogP contribution in [0.3, 0.4) is 0 Å². The van der Waals surface area contributed by atoms with Gasteiger partial charge in [-0.3, -0.25) is 4.90 Å². The summed E-state index contributed by atoms with van der Waals surface area (Å²) in [5.41, 5.74) is 1.46. The summed E-state index contributed by atoms with van der Waals surface area (Å²) in [4.78, 5) is 16.1. The summed E-state index contributed by atoms with van der Waals surface area (Å²) in [7, 11) is 0. The molecule has 0 radical (unpaired) electrons. The van der Waals surface area contributed by atoms with Crippen LogP contribution >= 0.6 is 0 Å². The minimum atomic E-state index is 0.0502. The van der Waals surface area contributed by atoms with E-state index in [4.69, 9.17) is 4.74 Å². The molecular weight excluding hydrogens is 422 g/mol. The number of carbonyl (C=O) groups excluding carboxylic acids is 1. The molecule has 34 heavy (non-hydrogen) atoms. The number of benzene rings is 1. The Hall–Kier alpha value is -1.59. The average Bonchev–Trinajstić information content (AvgIpc) is 2.89. The molecule has 2 fully saturated rings. The van der Waals surface area contributed by atoms with E-state index in [1.165, 1.54) is 44.3 Å². The van der Waals surface area contributed by atoms with E-state index in [1.54, 1.807) is 0 Å². The maximum Gasteiger partial charge on any atom is 0.317 e. The number of morpholine rings is 1. The molecule has 1 unspecified atom stereocenters. The van der Waals surface area contributed by atoms with Gasteiger partial charge in [-0.15, -0.1) is 0 Å². The zero-order valence-electron chi connectivity index (χ0n) is 23.4. The first-order chi connectivity index (χ1) is 16.6. The van der Waals surface area contributed by atoms with Gasteiger partial charge in [-0.05, 0) is 50.8 Å². The second kappa shape index (κ2) is 21.9. The van der Waals surface area contributed by atoms with E-state index in [1.807, 2.05) is 39.5 Å². The third-order valence-corrected chi connectivity index (χ3v) is 6.04. The fourth-order valence-corrected chi connectivity index (χ4v) is 4.26. The summed E-state index contributed by atoms with van der Waals surface area (Å²) in [6.45, 7) is 20.9. The van der Waals surface area contributed by atoms with Crippen LogP contribution in [0.5, 0.6) is 0 Å². The molecular formula is C29H55N3O2. The Morgan fingerprint density at radius 2 is 1.56 bits per heavy atom. The molecule has 1 aromatic carbocycles. The Balaban J connectivity index is 0.000000563. The van der Waals surface area contributed by atoms with E-state index >= 15 is 0 Å². The zero-order valence-corrected chi connectivity index (χ0v) is 23.4. The smallest absolute Gasteiger partial charge is 0.317 e. The predicted octanol–water partition coefficient (Wildman–Crippen LogP) is 6.97. The van der Waals surface area contributed by atoms with Gasteiger partial charge in [0.25, 0.3) is 0 Å². The molecule has 2 saturated heterocycles. The van der Waals surface area contributed by atoms with Crippen LogP contribution in [0.4, 0.5) is 4.79 Å². The van der Waals surface area contributed by atoms with Crippen molar-refractivity contribution in [2.24, 2.45) is 5.92 Å². The molecule has 2 amide bonds. The van der Waals surface area contributed by atoms with Crippen LogP contribution in [0.25, 0.3) is 0 Å². The number of likely N-dealkylation sites (tertiary alicyclic amines) is 1. The first-order valence-corrected chi connectivity index (χ1v) is 14.0. The third-order valence-electron chi connectivity index (χ3n) is 6.04. The highest BCUT2D eigenvalue weighted by Gasteiger charge is 2.18. The van der Waals surface area contributed by atoms with Crippen LogP contribution < -0.4 is 5.32 Å². The predicted molar refractivity (Wildman–Crippen MR) is 147 cm³/mol. The van der Waals surface area contributed by atoms with E-state index in [2.05, 4.69) is 54.4 Å². The number of hydrogen-bond acceptors (Lipinski definition) is 3. The van der Waals surface area contributed by atoms with Crippen molar-refractivity contribution in [1.82, 2.24) is 15.1 Å². The van der Waals surface area contributed by atoms with Crippen molar-refractivity contribution in [2.75, 3.05) is 39.4 Å². The van der Waals surface area contributed by atoms with Crippen molar-refractivity contribution >= 4 is 6.03 Å². The molecule has 2 heterocycles. The molecule has 5 nitrogen and oxygen atoms in total. The Bertz CT molecular complexity index is 568.